The van der Waals surface area contributed by atoms with E-state index in [1.54, 1.807) is 0 Å². The van der Waals surface area contributed by atoms with Crippen LogP contribution in [0.15, 0.2) is 170 Å². The number of unbranched alkanes of at least 4 members (excludes halogenated alkanes) is 6. The van der Waals surface area contributed by atoms with Crippen LogP contribution in [0.3, 0.4) is 0 Å². The molecule has 0 saturated heterocycles. The lowest BCUT2D eigenvalue weighted by Gasteiger charge is -2.40. The lowest BCUT2D eigenvalue weighted by atomic mass is 9.65. The zero-order chi connectivity index (χ0) is 55.6. The number of hydrogen-bond acceptors (Lipinski definition) is 2. The molecule has 0 amide bonds. The predicted octanol–water partition coefficient (Wildman–Crippen LogP) is 24.1. The summed E-state index contributed by atoms with van der Waals surface area (Å²) in [7, 11) is 0. The second-order valence-electron chi connectivity index (χ2n) is 24.9. The topological polar surface area (TPSA) is 6.48 Å². The Balaban J connectivity index is 1.27. The van der Waals surface area contributed by atoms with Crippen LogP contribution in [0.25, 0.3) is 32.7 Å². The largest absolute Gasteiger partial charge is 0.310 e. The fraction of sp³-hybridized carbons (Fsp3) is 0.429. The Labute approximate surface area is 479 Å². The third-order valence-corrected chi connectivity index (χ3v) is 19.4. The number of fused-ring (bicyclic) bond motifs is 5. The van der Waals surface area contributed by atoms with E-state index >= 15 is 0 Å². The van der Waals surface area contributed by atoms with Gasteiger partial charge in [0, 0.05) is 38.9 Å². The molecule has 0 spiro atoms. The van der Waals surface area contributed by atoms with Crippen molar-refractivity contribution in [2.45, 2.75) is 201 Å². The van der Waals surface area contributed by atoms with Crippen molar-refractivity contribution in [2.24, 2.45) is 11.8 Å². The summed E-state index contributed by atoms with van der Waals surface area (Å²) in [4.78, 5) is 5.18. The summed E-state index contributed by atoms with van der Waals surface area (Å²) in [5, 5.41) is 5.06. The van der Waals surface area contributed by atoms with Crippen LogP contribution in [-0.2, 0) is 16.2 Å². The summed E-state index contributed by atoms with van der Waals surface area (Å²) in [6.07, 6.45) is 22.2. The fourth-order valence-electron chi connectivity index (χ4n) is 13.7. The van der Waals surface area contributed by atoms with E-state index in [0.717, 1.165) is 25.7 Å². The van der Waals surface area contributed by atoms with Crippen LogP contribution in [0.2, 0.25) is 0 Å². The third kappa shape index (κ3) is 12.2. The molecule has 9 rings (SSSR count). The molecular weight excluding hydrogens is 953 g/mol. The molecule has 8 aromatic rings. The van der Waals surface area contributed by atoms with Gasteiger partial charge in [-0.25, -0.2) is 0 Å². The summed E-state index contributed by atoms with van der Waals surface area (Å²) in [5.41, 5.74) is 16.1. The fourth-order valence-corrected chi connectivity index (χ4v) is 13.7. The van der Waals surface area contributed by atoms with Crippen LogP contribution in [0, 0.1) is 11.8 Å². The molecule has 8 aromatic carbocycles. The summed E-state index contributed by atoms with van der Waals surface area (Å²) >= 11 is 0. The number of nitrogens with zero attached hydrogens (tertiary/aromatic N) is 2. The molecule has 0 N–H and O–H groups in total. The van der Waals surface area contributed by atoms with Gasteiger partial charge in [-0.1, -0.05) is 262 Å². The van der Waals surface area contributed by atoms with Gasteiger partial charge in [0.15, 0.2) is 0 Å². The van der Waals surface area contributed by atoms with Crippen LogP contribution in [0.1, 0.15) is 207 Å². The molecule has 0 aromatic heterocycles. The van der Waals surface area contributed by atoms with Crippen molar-refractivity contribution in [2.75, 3.05) is 9.80 Å². The van der Waals surface area contributed by atoms with E-state index in [0.29, 0.717) is 11.8 Å². The monoisotopic (exact) mass is 1050 g/mol. The van der Waals surface area contributed by atoms with Crippen molar-refractivity contribution in [3.63, 3.8) is 0 Å². The van der Waals surface area contributed by atoms with Crippen molar-refractivity contribution in [3.8, 4) is 11.1 Å². The van der Waals surface area contributed by atoms with Crippen molar-refractivity contribution in [1.82, 2.24) is 0 Å². The van der Waals surface area contributed by atoms with Crippen LogP contribution in [0.5, 0.6) is 0 Å². The van der Waals surface area contributed by atoms with Gasteiger partial charge in [0.05, 0.1) is 11.4 Å². The molecule has 414 valence electrons. The average molecular weight is 1050 g/mol. The molecular formula is C77H96N2. The molecule has 1 aliphatic carbocycles. The number of anilines is 6. The molecule has 0 saturated carbocycles. The Morgan fingerprint density at radius 2 is 0.835 bits per heavy atom. The normalized spacial score (nSPS) is 15.7. The molecule has 0 radical (unpaired) electrons. The zero-order valence-corrected chi connectivity index (χ0v) is 50.4. The van der Waals surface area contributed by atoms with Gasteiger partial charge in [-0.15, -0.1) is 0 Å². The van der Waals surface area contributed by atoms with E-state index in [1.807, 2.05) is 0 Å². The summed E-state index contributed by atoms with van der Waals surface area (Å²) in [5.74, 6) is 1.19. The maximum atomic E-state index is 2.69. The van der Waals surface area contributed by atoms with Gasteiger partial charge < -0.3 is 9.80 Å². The van der Waals surface area contributed by atoms with Gasteiger partial charge in [0.25, 0.3) is 0 Å². The molecule has 3 unspecified atom stereocenters. The first kappa shape index (κ1) is 57.6. The van der Waals surface area contributed by atoms with Gasteiger partial charge in [-0.3, -0.25) is 0 Å². The molecule has 3 atom stereocenters. The lowest BCUT2D eigenvalue weighted by molar-refractivity contribution is 0.266. The van der Waals surface area contributed by atoms with Gasteiger partial charge in [0.1, 0.15) is 0 Å². The molecule has 79 heavy (non-hydrogen) atoms. The van der Waals surface area contributed by atoms with E-state index in [4.69, 9.17) is 0 Å². The molecule has 0 fully saturated rings. The minimum atomic E-state index is -0.201. The quantitative estimate of drug-likeness (QED) is 0.0451. The number of benzene rings is 8. The first-order chi connectivity index (χ1) is 38.5. The van der Waals surface area contributed by atoms with Gasteiger partial charge in [-0.2, -0.15) is 0 Å². The Morgan fingerprint density at radius 1 is 0.405 bits per heavy atom. The zero-order valence-electron chi connectivity index (χ0n) is 50.4. The minimum Gasteiger partial charge on any atom is -0.310 e. The van der Waals surface area contributed by atoms with Crippen LogP contribution in [-0.4, -0.2) is 0 Å². The first-order valence-corrected chi connectivity index (χ1v) is 31.5. The smallest absolute Gasteiger partial charge is 0.0540 e. The third-order valence-electron chi connectivity index (χ3n) is 19.4. The van der Waals surface area contributed by atoms with Crippen LogP contribution in [0.4, 0.5) is 34.1 Å². The highest BCUT2D eigenvalue weighted by Gasteiger charge is 2.46. The van der Waals surface area contributed by atoms with Crippen molar-refractivity contribution < 1.29 is 0 Å². The second-order valence-corrected chi connectivity index (χ2v) is 24.9. The lowest BCUT2D eigenvalue weighted by Crippen LogP contribution is -2.32. The predicted molar refractivity (Wildman–Crippen MR) is 347 cm³/mol. The Bertz CT molecular complexity index is 3200. The van der Waals surface area contributed by atoms with Crippen molar-refractivity contribution in [3.05, 3.63) is 192 Å². The van der Waals surface area contributed by atoms with Gasteiger partial charge >= 0.3 is 0 Å². The van der Waals surface area contributed by atoms with E-state index in [1.165, 1.54) is 179 Å². The average Bonchev–Trinajstić information content (AvgIpc) is 4.03. The molecule has 1 aliphatic rings. The maximum absolute atomic E-state index is 2.69. The van der Waals surface area contributed by atoms with Crippen LogP contribution >= 0.6 is 0 Å². The van der Waals surface area contributed by atoms with Crippen molar-refractivity contribution in [1.29, 1.82) is 0 Å². The molecule has 0 aliphatic heterocycles. The Hall–Kier alpha value is -6.12. The maximum Gasteiger partial charge on any atom is 0.0540 e. The van der Waals surface area contributed by atoms with Crippen LogP contribution < -0.4 is 9.80 Å². The summed E-state index contributed by atoms with van der Waals surface area (Å²) in [6, 6.07) is 66.4. The molecule has 0 bridgehead atoms. The number of rotatable bonds is 28. The van der Waals surface area contributed by atoms with E-state index in [-0.39, 0.29) is 16.2 Å². The van der Waals surface area contributed by atoms with Crippen molar-refractivity contribution >= 4 is 55.7 Å². The standard InChI is InChI=1S/C77H96N2/c1-11-18-21-22-27-52-76(10,17-7)62-42-46-64(47-43-62)79(74-39-29-35-60-33-24-26-37-68(60)74)66-49-51-70-69-50-48-65(53-71(69)77(72(70)54-66,55-57(14-4)30-19-12-2)56-58(15-5)31-20-13-3)78(63-44-40-61(41-45-63)75(8,9)16-6)73-38-28-34-59-32-23-25-36-67(59)73/h23-26,28-29,32-51,53-54,57-58H,11-22,27,30-31,52,55-56H2,1-10H3. The minimum absolute atomic E-state index is 0.0954. The highest BCUT2D eigenvalue weighted by molar-refractivity contribution is 6.01. The summed E-state index contributed by atoms with van der Waals surface area (Å²) in [6.45, 7) is 24.0. The van der Waals surface area contributed by atoms with Gasteiger partial charge in [0.2, 0.25) is 0 Å². The first-order valence-electron chi connectivity index (χ1n) is 31.5. The van der Waals surface area contributed by atoms with E-state index in [2.05, 4.69) is 249 Å². The molecule has 2 nitrogen and oxygen atoms in total. The van der Waals surface area contributed by atoms with Gasteiger partial charge in [-0.05, 0) is 160 Å². The Morgan fingerprint density at radius 3 is 1.28 bits per heavy atom. The Kier molecular flexibility index (Phi) is 18.9. The molecule has 0 heterocycles. The SMILES string of the molecule is CCCCCCCC(C)(CC)c1ccc(N(c2ccc3c(c2)C(CC(CC)CCCC)(CC(CC)CCCC)c2cc(N(c4ccc(C(C)(C)CC)cc4)c4cccc5ccccc45)ccc2-3)c2cccc3ccccc23)cc1. The highest BCUT2D eigenvalue weighted by Crippen LogP contribution is 2.59. The second kappa shape index (κ2) is 26.0. The van der Waals surface area contributed by atoms with E-state index in [9.17, 15) is 0 Å². The van der Waals surface area contributed by atoms with E-state index < -0.39 is 0 Å². The number of hydrogen-bond donors (Lipinski definition) is 0. The molecule has 2 heteroatoms. The highest BCUT2D eigenvalue weighted by atomic mass is 15.2. The summed E-state index contributed by atoms with van der Waals surface area (Å²) < 4.78 is 0.